The molecule has 0 spiro atoms. The van der Waals surface area contributed by atoms with Crippen LogP contribution in [-0.4, -0.2) is 246 Å². The highest BCUT2D eigenvalue weighted by molar-refractivity contribution is 6.02. The van der Waals surface area contributed by atoms with Crippen molar-refractivity contribution >= 4 is 118 Å². The average molecular weight is 1510 g/mol. The van der Waals surface area contributed by atoms with Crippen molar-refractivity contribution in [3.05, 3.63) is 35.9 Å². The first-order valence-electron chi connectivity index (χ1n) is 33.0. The van der Waals surface area contributed by atoms with Crippen LogP contribution < -0.4 is 92.1 Å². The lowest BCUT2D eigenvalue weighted by molar-refractivity contribution is -0.142. The summed E-state index contributed by atoms with van der Waals surface area (Å²) in [6.45, 7) is 9.06. The Bertz CT molecular complexity index is 3360. The number of hydrogen-bond donors (Lipinski definition) is 23. The Morgan fingerprint density at radius 1 is 0.358 bits per heavy atom. The second kappa shape index (κ2) is 45.6. The largest absolute Gasteiger partial charge is 0.481 e. The van der Waals surface area contributed by atoms with E-state index in [1.54, 1.807) is 44.2 Å². The Hall–Kier alpha value is -11.5. The summed E-state index contributed by atoms with van der Waals surface area (Å²) in [5, 5.41) is 88.7. The molecule has 106 heavy (non-hydrogen) atoms. The average Bonchev–Trinajstić information content (AvgIpc) is 0.854. The van der Waals surface area contributed by atoms with E-state index in [0.717, 1.165) is 27.7 Å². The molecule has 17 amide bonds. The van der Waals surface area contributed by atoms with Gasteiger partial charge in [0.25, 0.3) is 0 Å². The molecule has 0 unspecified atom stereocenters. The van der Waals surface area contributed by atoms with E-state index in [-0.39, 0.29) is 31.6 Å². The fourth-order valence-electron chi connectivity index (χ4n) is 9.69. The number of carboxylic acids is 3. The number of nitrogens with two attached hydrogens (primary N) is 4. The molecule has 0 saturated carbocycles. The number of nitrogens with one attached hydrogen (secondary N) is 13. The van der Waals surface area contributed by atoms with Gasteiger partial charge in [0, 0.05) is 32.6 Å². The van der Waals surface area contributed by atoms with Crippen LogP contribution in [0.3, 0.4) is 0 Å². The van der Waals surface area contributed by atoms with Crippen LogP contribution in [-0.2, 0) is 102 Å². The summed E-state index contributed by atoms with van der Waals surface area (Å²) in [5.74, 6) is -26.7. The second-order valence-corrected chi connectivity index (χ2v) is 25.4. The van der Waals surface area contributed by atoms with Gasteiger partial charge in [0.1, 0.15) is 78.5 Å². The fourth-order valence-corrected chi connectivity index (χ4v) is 9.69. The van der Waals surface area contributed by atoms with Crippen LogP contribution in [0.2, 0.25) is 0 Å². The molecule has 1 rings (SSSR count). The van der Waals surface area contributed by atoms with Crippen molar-refractivity contribution in [3.63, 3.8) is 0 Å². The number of amides is 17. The van der Waals surface area contributed by atoms with Crippen LogP contribution in [0.4, 0.5) is 0 Å². The van der Waals surface area contributed by atoms with Gasteiger partial charge in [0.15, 0.2) is 0 Å². The zero-order chi connectivity index (χ0) is 81.2. The third kappa shape index (κ3) is 34.6. The van der Waals surface area contributed by atoms with E-state index in [4.69, 9.17) is 22.9 Å². The van der Waals surface area contributed by atoms with Gasteiger partial charge in [-0.1, -0.05) is 58.0 Å². The first kappa shape index (κ1) is 92.5. The second-order valence-electron chi connectivity index (χ2n) is 25.4. The van der Waals surface area contributed by atoms with Gasteiger partial charge in [-0.25, -0.2) is 0 Å². The predicted molar refractivity (Wildman–Crippen MR) is 363 cm³/mol. The molecule has 1 aromatic rings. The van der Waals surface area contributed by atoms with Crippen LogP contribution in [0.1, 0.15) is 125 Å². The number of aliphatic hydroxyl groups is 3. The third-order valence-corrected chi connectivity index (χ3v) is 15.2. The highest BCUT2D eigenvalue weighted by atomic mass is 16.4. The first-order chi connectivity index (χ1) is 49.3. The maximum Gasteiger partial charge on any atom is 0.305 e. The summed E-state index contributed by atoms with van der Waals surface area (Å²) >= 11 is 0. The zero-order valence-corrected chi connectivity index (χ0v) is 59.3. The number of aliphatic hydroxyl groups excluding tert-OH is 3. The van der Waals surface area contributed by atoms with E-state index in [9.17, 15) is 127 Å². The summed E-state index contributed by atoms with van der Waals surface area (Å²) in [7, 11) is 0. The van der Waals surface area contributed by atoms with Crippen molar-refractivity contribution in [2.45, 2.75) is 217 Å². The summed E-state index contributed by atoms with van der Waals surface area (Å²) < 4.78 is 0. The molecule has 0 aliphatic carbocycles. The number of carboxylic acid groups (broad SMARTS) is 3. The molecule has 43 nitrogen and oxygen atoms in total. The molecule has 0 radical (unpaired) electrons. The van der Waals surface area contributed by atoms with E-state index in [1.807, 2.05) is 16.0 Å². The van der Waals surface area contributed by atoms with Gasteiger partial charge in [-0.15, -0.1) is 0 Å². The van der Waals surface area contributed by atoms with Gasteiger partial charge in [-0.2, -0.15) is 0 Å². The van der Waals surface area contributed by atoms with E-state index in [1.165, 1.54) is 13.8 Å². The van der Waals surface area contributed by atoms with E-state index < -0.39 is 267 Å². The van der Waals surface area contributed by atoms with E-state index in [0.29, 0.717) is 5.56 Å². The molecule has 0 fully saturated rings. The molecule has 27 N–H and O–H groups in total. The molecule has 43 heteroatoms. The Balaban J connectivity index is 3.52. The number of primary amides is 4. The highest BCUT2D eigenvalue weighted by Gasteiger charge is 2.40. The normalized spacial score (nSPS) is 15.3. The lowest BCUT2D eigenvalue weighted by Gasteiger charge is -2.29. The number of hydrogen-bond acceptors (Lipinski definition) is 23. The van der Waals surface area contributed by atoms with Gasteiger partial charge in [-0.05, 0) is 63.9 Å². The molecule has 590 valence electrons. The van der Waals surface area contributed by atoms with Crippen molar-refractivity contribution in [2.24, 2.45) is 34.8 Å². The minimum Gasteiger partial charge on any atom is -0.481 e. The molecule has 0 heterocycles. The van der Waals surface area contributed by atoms with Gasteiger partial charge in [-0.3, -0.25) is 95.9 Å². The summed E-state index contributed by atoms with van der Waals surface area (Å²) in [6, 6.07) is -15.9. The molecule has 1 aromatic carbocycles. The number of rotatable bonds is 49. The lowest BCUT2D eigenvalue weighted by Crippen LogP contribution is -2.63. The SMILES string of the molecule is CC(=O)N[C@H](C(=O)N[C@@H](CCC(N)=O)C(=O)N[C@@H](CC(=O)O)C(=O)N[C@@H](C)C(=O)N[C@@H](CCC(=O)O)C(=O)N[C@@H](CC(=O)O)C(=O)N[C@@H](CC(N)=O)C(=O)N[C@H](C(=O)N[C@H](C(=O)N[C@@H](CO)C(=O)N[C@@H](Cc1ccccc1)C(=O)N[C@@H](CC(C)C)C(=O)N[C@@H](CCC(N)=O)C(N)=O)C(C)C)[C@@H](C)O)[C@@H](C)O. The smallest absolute Gasteiger partial charge is 0.305 e. The minimum atomic E-state index is -2.31. The molecule has 0 aromatic heterocycles. The van der Waals surface area contributed by atoms with Crippen molar-refractivity contribution in [3.8, 4) is 0 Å². The van der Waals surface area contributed by atoms with Crippen molar-refractivity contribution < 1.29 is 127 Å². The maximum absolute atomic E-state index is 14.1. The molecular formula is C63H97N17O26. The van der Waals surface area contributed by atoms with Crippen LogP contribution in [0.25, 0.3) is 0 Å². The molecular weight excluding hydrogens is 1410 g/mol. The molecule has 0 bridgehead atoms. The monoisotopic (exact) mass is 1510 g/mol. The number of aliphatic carboxylic acids is 3. The molecule has 15 atom stereocenters. The van der Waals surface area contributed by atoms with Crippen molar-refractivity contribution in [1.29, 1.82) is 0 Å². The standard InChI is InChI=1S/C63H97N17O26/c1-26(2)20-36(56(99)70-33(51(67)94)14-17-42(64)85)73-57(100)37(21-32-12-10-9-11-13-32)74-60(103)41(25-81)78-61(104)48(27(3)4)79-63(106)50(30(7)83)80-59(102)38(22-44(66)87)75-58(101)40(24-47(92)93)77-54(97)35(16-19-45(88)89)71-52(95)28(5)68-55(98)39(23-46(90)91)76-53(96)34(15-18-43(65)86)72-62(105)49(29(6)82)69-31(8)84/h9-13,26-30,33-41,48-50,81-83H,14-25H2,1-8H3,(H2,64,85)(H2,65,86)(H2,66,87)(H2,67,94)(H,68,98)(H,69,84)(H,70,99)(H,71,95)(H,72,105)(H,73,100)(H,74,103)(H,75,101)(H,76,96)(H,77,97)(H,78,104)(H,79,106)(H,80,102)(H,88,89)(H,90,91)(H,92,93)/t28-,29+,30+,33-,34-,35-,36-,37-,38-,39-,40-,41-,48-,49-,50-/m0/s1. The van der Waals surface area contributed by atoms with Crippen molar-refractivity contribution in [1.82, 2.24) is 69.1 Å². The van der Waals surface area contributed by atoms with Gasteiger partial charge in [0.2, 0.25) is 100 Å². The Morgan fingerprint density at radius 2 is 0.708 bits per heavy atom. The number of benzene rings is 1. The van der Waals surface area contributed by atoms with Crippen molar-refractivity contribution in [2.75, 3.05) is 6.61 Å². The maximum atomic E-state index is 14.1. The summed E-state index contributed by atoms with van der Waals surface area (Å²) in [6.07, 6.45) is -11.0. The quantitative estimate of drug-likeness (QED) is 0.0288. The summed E-state index contributed by atoms with van der Waals surface area (Å²) in [4.78, 5) is 260. The zero-order valence-electron chi connectivity index (χ0n) is 59.3. The van der Waals surface area contributed by atoms with E-state index >= 15 is 0 Å². The predicted octanol–water partition coefficient (Wildman–Crippen LogP) is -10.3. The Morgan fingerprint density at radius 3 is 1.14 bits per heavy atom. The summed E-state index contributed by atoms with van der Waals surface area (Å²) in [5.41, 5.74) is 21.7. The minimum absolute atomic E-state index is 0.0247. The number of carbonyl (C=O) groups is 20. The van der Waals surface area contributed by atoms with Crippen LogP contribution >= 0.6 is 0 Å². The first-order valence-corrected chi connectivity index (χ1v) is 33.0. The van der Waals surface area contributed by atoms with Gasteiger partial charge in [0.05, 0.1) is 38.1 Å². The topological polar surface area (TPSA) is 723 Å². The molecule has 0 aliphatic heterocycles. The Kier molecular flexibility index (Phi) is 39.8. The third-order valence-electron chi connectivity index (χ3n) is 15.2. The lowest BCUT2D eigenvalue weighted by atomic mass is 10.00. The Labute approximate surface area is 606 Å². The highest BCUT2D eigenvalue weighted by Crippen LogP contribution is 2.13. The molecule has 0 aliphatic rings. The van der Waals surface area contributed by atoms with Gasteiger partial charge >= 0.3 is 17.9 Å². The van der Waals surface area contributed by atoms with Crippen LogP contribution in [0.5, 0.6) is 0 Å². The van der Waals surface area contributed by atoms with Gasteiger partial charge < -0.3 is 123 Å². The van der Waals surface area contributed by atoms with Crippen LogP contribution in [0, 0.1) is 11.8 Å². The van der Waals surface area contributed by atoms with Crippen LogP contribution in [0.15, 0.2) is 30.3 Å². The van der Waals surface area contributed by atoms with E-state index in [2.05, 4.69) is 53.2 Å². The fraction of sp³-hybridized carbons (Fsp3) is 0.587. The molecule has 0 saturated heterocycles. The number of carbonyl (C=O) groups excluding carboxylic acids is 17.